The van der Waals surface area contributed by atoms with Gasteiger partial charge < -0.3 is 25.0 Å². The Labute approximate surface area is 176 Å². The second-order valence-electron chi connectivity index (χ2n) is 7.16. The van der Waals surface area contributed by atoms with Crippen molar-refractivity contribution < 1.29 is 14.3 Å². The number of urea groups is 1. The van der Waals surface area contributed by atoms with Gasteiger partial charge in [0.2, 0.25) is 0 Å². The molecular weight excluding hydrogens is 388 g/mol. The van der Waals surface area contributed by atoms with Gasteiger partial charge in [-0.15, -0.1) is 0 Å². The third-order valence-electron chi connectivity index (χ3n) is 5.26. The molecule has 2 amide bonds. The second-order valence-corrected chi connectivity index (χ2v) is 7.94. The third kappa shape index (κ3) is 5.85. The smallest absolute Gasteiger partial charge is 0.315 e. The molecule has 0 spiro atoms. The molecule has 1 fully saturated rings. The van der Waals surface area contributed by atoms with Gasteiger partial charge in [0.05, 0.1) is 20.3 Å². The van der Waals surface area contributed by atoms with Crippen molar-refractivity contribution in [2.24, 2.45) is 0 Å². The maximum Gasteiger partial charge on any atom is 0.315 e. The van der Waals surface area contributed by atoms with Gasteiger partial charge in [0, 0.05) is 39.3 Å². The molecule has 2 aromatic rings. The Morgan fingerprint density at radius 3 is 2.52 bits per heavy atom. The Morgan fingerprint density at radius 1 is 1.10 bits per heavy atom. The highest BCUT2D eigenvalue weighted by atomic mass is 32.1. The number of amides is 2. The number of nitrogens with zero attached hydrogens (tertiary/aromatic N) is 2. The Bertz CT molecular complexity index is 776. The lowest BCUT2D eigenvalue weighted by atomic mass is 10.1. The van der Waals surface area contributed by atoms with Crippen LogP contribution in [0.1, 0.15) is 17.2 Å². The third-order valence-corrected chi connectivity index (χ3v) is 5.97. The highest BCUT2D eigenvalue weighted by molar-refractivity contribution is 7.07. The van der Waals surface area contributed by atoms with E-state index in [1.54, 1.807) is 25.6 Å². The van der Waals surface area contributed by atoms with E-state index in [0.29, 0.717) is 24.6 Å². The summed E-state index contributed by atoms with van der Waals surface area (Å²) in [5.41, 5.74) is 2.21. The van der Waals surface area contributed by atoms with E-state index in [-0.39, 0.29) is 12.1 Å². The molecule has 2 N–H and O–H groups in total. The van der Waals surface area contributed by atoms with Gasteiger partial charge in [0.1, 0.15) is 0 Å². The lowest BCUT2D eigenvalue weighted by molar-refractivity contribution is 0.111. The zero-order valence-corrected chi connectivity index (χ0v) is 18.1. The monoisotopic (exact) mass is 418 g/mol. The molecule has 7 nitrogen and oxygen atoms in total. The molecule has 1 saturated heterocycles. The number of methoxy groups -OCH3 is 2. The van der Waals surface area contributed by atoms with Crippen molar-refractivity contribution in [2.45, 2.75) is 12.6 Å². The van der Waals surface area contributed by atoms with Crippen molar-refractivity contribution in [2.75, 3.05) is 54.0 Å². The molecule has 2 heterocycles. The Morgan fingerprint density at radius 2 is 1.86 bits per heavy atom. The van der Waals surface area contributed by atoms with Gasteiger partial charge in [-0.25, -0.2) is 4.79 Å². The maximum absolute atomic E-state index is 12.4. The Balaban J connectivity index is 1.53. The van der Waals surface area contributed by atoms with E-state index < -0.39 is 0 Å². The van der Waals surface area contributed by atoms with E-state index >= 15 is 0 Å². The van der Waals surface area contributed by atoms with Crippen LogP contribution in [0.5, 0.6) is 11.5 Å². The number of likely N-dealkylation sites (N-methyl/N-ethyl adjacent to an activating group) is 1. The minimum absolute atomic E-state index is 0.172. The lowest BCUT2D eigenvalue weighted by Crippen LogP contribution is -2.49. The minimum atomic E-state index is -0.172. The first-order valence-corrected chi connectivity index (χ1v) is 10.7. The van der Waals surface area contributed by atoms with E-state index in [4.69, 9.17) is 9.47 Å². The van der Waals surface area contributed by atoms with Gasteiger partial charge in [-0.1, -0.05) is 6.07 Å². The number of piperazine rings is 1. The molecular formula is C21H30N4O3S. The van der Waals surface area contributed by atoms with Gasteiger partial charge >= 0.3 is 6.03 Å². The molecule has 1 aliphatic heterocycles. The summed E-state index contributed by atoms with van der Waals surface area (Å²) < 4.78 is 10.6. The number of rotatable bonds is 8. The molecule has 1 aromatic heterocycles. The van der Waals surface area contributed by atoms with Crippen LogP contribution in [-0.2, 0) is 6.54 Å². The number of nitrogens with one attached hydrogen (secondary N) is 2. The number of thiophene rings is 1. The molecule has 1 aromatic carbocycles. The summed E-state index contributed by atoms with van der Waals surface area (Å²) in [7, 11) is 5.36. The fourth-order valence-electron chi connectivity index (χ4n) is 3.48. The fourth-order valence-corrected chi connectivity index (χ4v) is 4.19. The summed E-state index contributed by atoms with van der Waals surface area (Å²) in [6, 6.07) is 7.80. The molecule has 29 heavy (non-hydrogen) atoms. The standard InChI is InChI=1S/C21H30N4O3S/c1-24-7-9-25(10-8-24)18(17-6-11-29-15-17)14-23-21(26)22-13-16-4-5-19(27-2)20(12-16)28-3/h4-6,11-12,15,18H,7-10,13-14H2,1-3H3,(H2,22,23,26). The van der Waals surface area contributed by atoms with Crippen LogP contribution in [0.3, 0.4) is 0 Å². The largest absolute Gasteiger partial charge is 0.493 e. The second kappa shape index (κ2) is 10.5. The van der Waals surface area contributed by atoms with E-state index in [0.717, 1.165) is 31.7 Å². The number of carbonyl (C=O) groups excluding carboxylic acids is 1. The summed E-state index contributed by atoms with van der Waals surface area (Å²) in [5, 5.41) is 10.2. The predicted molar refractivity (Wildman–Crippen MR) is 116 cm³/mol. The van der Waals surface area contributed by atoms with Crippen LogP contribution in [0.15, 0.2) is 35.0 Å². The molecule has 0 saturated carbocycles. The summed E-state index contributed by atoms with van der Waals surface area (Å²) >= 11 is 1.69. The van der Waals surface area contributed by atoms with Crippen LogP contribution in [0.4, 0.5) is 4.79 Å². The van der Waals surface area contributed by atoms with Crippen molar-refractivity contribution in [3.05, 3.63) is 46.2 Å². The van der Waals surface area contributed by atoms with Gasteiger partial charge in [-0.2, -0.15) is 11.3 Å². The van der Waals surface area contributed by atoms with Crippen LogP contribution in [0, 0.1) is 0 Å². The van der Waals surface area contributed by atoms with Gasteiger partial charge in [-0.05, 0) is 47.1 Å². The topological polar surface area (TPSA) is 66.1 Å². The first kappa shape index (κ1) is 21.4. The summed E-state index contributed by atoms with van der Waals surface area (Å²) in [4.78, 5) is 17.2. The highest BCUT2D eigenvalue weighted by Gasteiger charge is 2.24. The average molecular weight is 419 g/mol. The molecule has 1 atom stereocenters. The van der Waals surface area contributed by atoms with Crippen LogP contribution in [0.2, 0.25) is 0 Å². The molecule has 3 rings (SSSR count). The number of carbonyl (C=O) groups is 1. The highest BCUT2D eigenvalue weighted by Crippen LogP contribution is 2.27. The average Bonchev–Trinajstić information content (AvgIpc) is 3.28. The fraction of sp³-hybridized carbons (Fsp3) is 0.476. The maximum atomic E-state index is 12.4. The molecule has 0 bridgehead atoms. The molecule has 0 radical (unpaired) electrons. The van der Waals surface area contributed by atoms with E-state index in [1.165, 1.54) is 5.56 Å². The van der Waals surface area contributed by atoms with Crippen molar-refractivity contribution >= 4 is 17.4 Å². The first-order chi connectivity index (χ1) is 14.1. The predicted octanol–water partition coefficient (Wildman–Crippen LogP) is 2.55. The van der Waals surface area contributed by atoms with Crippen LogP contribution in [0.25, 0.3) is 0 Å². The SMILES string of the molecule is COc1ccc(CNC(=O)NCC(c2ccsc2)N2CCN(C)CC2)cc1OC. The van der Waals surface area contributed by atoms with Crippen molar-refractivity contribution in [1.29, 1.82) is 0 Å². The number of hydrogen-bond acceptors (Lipinski definition) is 6. The molecule has 1 aliphatic rings. The van der Waals surface area contributed by atoms with E-state index in [2.05, 4.69) is 44.3 Å². The van der Waals surface area contributed by atoms with Gasteiger partial charge in [0.25, 0.3) is 0 Å². The van der Waals surface area contributed by atoms with Gasteiger partial charge in [-0.3, -0.25) is 4.90 Å². The zero-order valence-electron chi connectivity index (χ0n) is 17.3. The number of ether oxygens (including phenoxy) is 2. The summed E-state index contributed by atoms with van der Waals surface area (Å²) in [6.45, 7) is 5.11. The molecule has 0 aliphatic carbocycles. The van der Waals surface area contributed by atoms with Crippen LogP contribution < -0.4 is 20.1 Å². The Kier molecular flexibility index (Phi) is 7.74. The molecule has 158 valence electrons. The summed E-state index contributed by atoms with van der Waals surface area (Å²) in [5.74, 6) is 1.33. The van der Waals surface area contributed by atoms with Crippen molar-refractivity contribution in [3.8, 4) is 11.5 Å². The number of hydrogen-bond donors (Lipinski definition) is 2. The van der Waals surface area contributed by atoms with Gasteiger partial charge in [0.15, 0.2) is 11.5 Å². The molecule has 8 heteroatoms. The Hall–Kier alpha value is -2.29. The van der Waals surface area contributed by atoms with Crippen molar-refractivity contribution in [1.82, 2.24) is 20.4 Å². The zero-order chi connectivity index (χ0) is 20.6. The molecule has 1 unspecified atom stereocenters. The minimum Gasteiger partial charge on any atom is -0.493 e. The lowest BCUT2D eigenvalue weighted by Gasteiger charge is -2.38. The van der Waals surface area contributed by atoms with Crippen molar-refractivity contribution in [3.63, 3.8) is 0 Å². The summed E-state index contributed by atoms with van der Waals surface area (Å²) in [6.07, 6.45) is 0. The van der Waals surface area contributed by atoms with E-state index in [1.807, 2.05) is 18.2 Å². The van der Waals surface area contributed by atoms with Crippen LogP contribution in [-0.4, -0.2) is 69.8 Å². The van der Waals surface area contributed by atoms with Crippen LogP contribution >= 0.6 is 11.3 Å². The number of benzene rings is 1. The normalized spacial score (nSPS) is 16.2. The first-order valence-electron chi connectivity index (χ1n) is 9.78. The quantitative estimate of drug-likeness (QED) is 0.690. The van der Waals surface area contributed by atoms with E-state index in [9.17, 15) is 4.79 Å².